The average molecular weight is 305 g/mol. The zero-order chi connectivity index (χ0) is 15.6. The van der Waals surface area contributed by atoms with Crippen LogP contribution >= 0.6 is 0 Å². The molecule has 3 nitrogen and oxygen atoms in total. The van der Waals surface area contributed by atoms with Crippen LogP contribution in [0.1, 0.15) is 24.2 Å². The van der Waals surface area contributed by atoms with Crippen LogP contribution in [-0.2, 0) is 17.8 Å². The number of hydrogen-bond acceptors (Lipinski definition) is 2. The molecule has 0 atom stereocenters. The van der Waals surface area contributed by atoms with E-state index in [9.17, 15) is 4.79 Å². The summed E-state index contributed by atoms with van der Waals surface area (Å²) in [7, 11) is 0. The van der Waals surface area contributed by atoms with Crippen LogP contribution in [0.3, 0.4) is 0 Å². The van der Waals surface area contributed by atoms with Crippen molar-refractivity contribution in [1.29, 1.82) is 0 Å². The first-order chi connectivity index (χ1) is 11.3. The zero-order valence-electron chi connectivity index (χ0n) is 12.9. The summed E-state index contributed by atoms with van der Waals surface area (Å²) in [6, 6.07) is 18.6. The van der Waals surface area contributed by atoms with Gasteiger partial charge in [0.2, 0.25) is 5.91 Å². The Morgan fingerprint density at radius 1 is 1.04 bits per heavy atom. The monoisotopic (exact) mass is 305 g/mol. The Bertz CT molecular complexity index is 813. The molecule has 116 valence electrons. The van der Waals surface area contributed by atoms with Gasteiger partial charge in [0.1, 0.15) is 5.76 Å². The summed E-state index contributed by atoms with van der Waals surface area (Å²) in [6.45, 7) is 0.571. The van der Waals surface area contributed by atoms with E-state index >= 15 is 0 Å². The number of carbonyl (C=O) groups is 1. The van der Waals surface area contributed by atoms with Crippen molar-refractivity contribution in [3.63, 3.8) is 0 Å². The van der Waals surface area contributed by atoms with Crippen molar-refractivity contribution in [2.75, 3.05) is 0 Å². The molecule has 1 aliphatic rings. The lowest BCUT2D eigenvalue weighted by Crippen LogP contribution is -2.33. The van der Waals surface area contributed by atoms with Crippen molar-refractivity contribution < 1.29 is 9.21 Å². The van der Waals surface area contributed by atoms with E-state index in [1.807, 2.05) is 35.2 Å². The molecule has 0 bridgehead atoms. The Morgan fingerprint density at radius 2 is 1.87 bits per heavy atom. The summed E-state index contributed by atoms with van der Waals surface area (Å²) in [6.07, 6.45) is 4.30. The van der Waals surface area contributed by atoms with Crippen molar-refractivity contribution in [2.45, 2.75) is 31.8 Å². The Balaban J connectivity index is 1.57. The highest BCUT2D eigenvalue weighted by molar-refractivity contribution is 5.90. The Hall–Kier alpha value is -2.55. The minimum absolute atomic E-state index is 0.181. The number of fused-ring (bicyclic) bond motifs is 1. The number of rotatable bonds is 5. The molecule has 1 saturated carbocycles. The molecule has 1 amide bonds. The average Bonchev–Trinajstić information content (AvgIpc) is 3.29. The van der Waals surface area contributed by atoms with E-state index in [1.54, 1.807) is 6.26 Å². The smallest absolute Gasteiger partial charge is 0.227 e. The van der Waals surface area contributed by atoms with Crippen LogP contribution in [0.15, 0.2) is 65.3 Å². The highest BCUT2D eigenvalue weighted by Gasteiger charge is 2.33. The molecule has 0 radical (unpaired) electrons. The number of nitrogens with zero attached hydrogens (tertiary/aromatic N) is 1. The Morgan fingerprint density at radius 3 is 2.65 bits per heavy atom. The fourth-order valence-corrected chi connectivity index (χ4v) is 3.09. The van der Waals surface area contributed by atoms with Gasteiger partial charge in [0.05, 0.1) is 19.2 Å². The molecule has 1 aromatic heterocycles. The molecule has 1 heterocycles. The molecule has 3 aromatic rings. The van der Waals surface area contributed by atoms with Gasteiger partial charge in [-0.05, 0) is 41.3 Å². The minimum atomic E-state index is 0.181. The predicted octanol–water partition coefficient (Wildman–Crippen LogP) is 4.17. The predicted molar refractivity (Wildman–Crippen MR) is 89.9 cm³/mol. The van der Waals surface area contributed by atoms with Crippen LogP contribution in [0, 0.1) is 0 Å². The maximum atomic E-state index is 12.8. The molecule has 0 aliphatic heterocycles. The van der Waals surface area contributed by atoms with E-state index < -0.39 is 0 Å². The van der Waals surface area contributed by atoms with Crippen molar-refractivity contribution in [2.24, 2.45) is 0 Å². The molecule has 0 N–H and O–H groups in total. The van der Waals surface area contributed by atoms with Gasteiger partial charge in [-0.25, -0.2) is 0 Å². The molecule has 4 rings (SSSR count). The van der Waals surface area contributed by atoms with Gasteiger partial charge in [-0.1, -0.05) is 42.5 Å². The largest absolute Gasteiger partial charge is 0.467 e. The lowest BCUT2D eigenvalue weighted by molar-refractivity contribution is -0.131. The topological polar surface area (TPSA) is 33.5 Å². The molecular formula is C20H19NO2. The number of hydrogen-bond donors (Lipinski definition) is 0. The summed E-state index contributed by atoms with van der Waals surface area (Å²) in [4.78, 5) is 14.8. The van der Waals surface area contributed by atoms with Crippen molar-refractivity contribution in [3.8, 4) is 0 Å². The van der Waals surface area contributed by atoms with Crippen molar-refractivity contribution >= 4 is 16.7 Å². The standard InChI is InChI=1S/C20H19NO2/c22-20(21(17-10-11-17)14-18-8-4-12-23-18)13-16-7-3-6-15-5-1-2-9-19(15)16/h1-9,12,17H,10-11,13-14H2. The number of furan rings is 1. The summed E-state index contributed by atoms with van der Waals surface area (Å²) in [5.41, 5.74) is 1.10. The molecule has 2 aromatic carbocycles. The van der Waals surface area contributed by atoms with Crippen LogP contribution in [0.5, 0.6) is 0 Å². The third-order valence-electron chi connectivity index (χ3n) is 4.44. The van der Waals surface area contributed by atoms with E-state index in [4.69, 9.17) is 4.42 Å². The van der Waals surface area contributed by atoms with Gasteiger partial charge in [-0.15, -0.1) is 0 Å². The van der Waals surface area contributed by atoms with Gasteiger partial charge in [0, 0.05) is 6.04 Å². The zero-order valence-corrected chi connectivity index (χ0v) is 12.9. The Labute approximate surface area is 135 Å². The van der Waals surface area contributed by atoms with Gasteiger partial charge in [0.15, 0.2) is 0 Å². The summed E-state index contributed by atoms with van der Waals surface area (Å²) in [5.74, 6) is 1.03. The molecule has 0 saturated heterocycles. The van der Waals surface area contributed by atoms with E-state index in [0.717, 1.165) is 29.6 Å². The first-order valence-electron chi connectivity index (χ1n) is 8.10. The molecule has 3 heteroatoms. The minimum Gasteiger partial charge on any atom is -0.467 e. The first kappa shape index (κ1) is 14.1. The fraction of sp³-hybridized carbons (Fsp3) is 0.250. The highest BCUT2D eigenvalue weighted by Crippen LogP contribution is 2.29. The molecule has 1 fully saturated rings. The second kappa shape index (κ2) is 5.92. The third kappa shape index (κ3) is 3.00. The second-order valence-electron chi connectivity index (χ2n) is 6.15. The lowest BCUT2D eigenvalue weighted by Gasteiger charge is -2.21. The molecule has 0 unspecified atom stereocenters. The van der Waals surface area contributed by atoms with Crippen LogP contribution in [0.25, 0.3) is 10.8 Å². The fourth-order valence-electron chi connectivity index (χ4n) is 3.09. The third-order valence-corrected chi connectivity index (χ3v) is 4.44. The van der Waals surface area contributed by atoms with Gasteiger partial charge in [-0.2, -0.15) is 0 Å². The van der Waals surface area contributed by atoms with Crippen molar-refractivity contribution in [3.05, 3.63) is 72.2 Å². The highest BCUT2D eigenvalue weighted by atomic mass is 16.3. The summed E-state index contributed by atoms with van der Waals surface area (Å²) in [5, 5.41) is 2.35. The van der Waals surface area contributed by atoms with Gasteiger partial charge in [0.25, 0.3) is 0 Å². The normalized spacial score (nSPS) is 14.1. The lowest BCUT2D eigenvalue weighted by atomic mass is 10.0. The number of amides is 1. The van der Waals surface area contributed by atoms with Crippen LogP contribution < -0.4 is 0 Å². The molecular weight excluding hydrogens is 286 g/mol. The second-order valence-corrected chi connectivity index (χ2v) is 6.15. The van der Waals surface area contributed by atoms with E-state index in [-0.39, 0.29) is 5.91 Å². The van der Waals surface area contributed by atoms with Crippen molar-refractivity contribution in [1.82, 2.24) is 4.90 Å². The van der Waals surface area contributed by atoms with Gasteiger partial charge < -0.3 is 9.32 Å². The number of benzene rings is 2. The molecule has 0 spiro atoms. The van der Waals surface area contributed by atoms with Gasteiger partial charge in [-0.3, -0.25) is 4.79 Å². The molecule has 1 aliphatic carbocycles. The number of carbonyl (C=O) groups excluding carboxylic acids is 1. The van der Waals surface area contributed by atoms with Gasteiger partial charge >= 0.3 is 0 Å². The van der Waals surface area contributed by atoms with E-state index in [0.29, 0.717) is 19.0 Å². The molecule has 23 heavy (non-hydrogen) atoms. The maximum Gasteiger partial charge on any atom is 0.227 e. The van der Waals surface area contributed by atoms with E-state index in [1.165, 1.54) is 5.39 Å². The summed E-state index contributed by atoms with van der Waals surface area (Å²) < 4.78 is 5.42. The SMILES string of the molecule is O=C(Cc1cccc2ccccc12)N(Cc1ccco1)C1CC1. The Kier molecular flexibility index (Phi) is 3.62. The van der Waals surface area contributed by atoms with Crippen LogP contribution in [0.4, 0.5) is 0 Å². The quantitative estimate of drug-likeness (QED) is 0.709. The maximum absolute atomic E-state index is 12.8. The van der Waals surface area contributed by atoms with E-state index in [2.05, 4.69) is 24.3 Å². The summed E-state index contributed by atoms with van der Waals surface area (Å²) >= 11 is 0. The van der Waals surface area contributed by atoms with Crippen LogP contribution in [0.2, 0.25) is 0 Å². The first-order valence-corrected chi connectivity index (χ1v) is 8.10. The van der Waals surface area contributed by atoms with Crippen LogP contribution in [-0.4, -0.2) is 16.8 Å².